The van der Waals surface area contributed by atoms with Crippen LogP contribution in [0.4, 0.5) is 21.3 Å². The van der Waals surface area contributed by atoms with Crippen molar-refractivity contribution in [1.29, 1.82) is 0 Å². The molecule has 352 valence electrons. The van der Waals surface area contributed by atoms with Gasteiger partial charge in [0.1, 0.15) is 6.61 Å². The molecule has 14 nitrogen and oxygen atoms in total. The van der Waals surface area contributed by atoms with E-state index in [1.54, 1.807) is 17.4 Å². The Labute approximate surface area is 398 Å². The molecular weight excluding hydrogens is 887 g/mol. The molecule has 3 aromatic carbocycles. The summed E-state index contributed by atoms with van der Waals surface area (Å²) in [6.07, 6.45) is 8.42. The molecule has 1 aliphatic heterocycles. The van der Waals surface area contributed by atoms with Gasteiger partial charge in [0.25, 0.3) is 0 Å². The molecular formula is C51H59N7O7S2. The van der Waals surface area contributed by atoms with E-state index in [4.69, 9.17) is 30.2 Å². The van der Waals surface area contributed by atoms with Crippen LogP contribution in [-0.2, 0) is 33.6 Å². The summed E-state index contributed by atoms with van der Waals surface area (Å²) in [4.78, 5) is 44.5. The molecule has 2 aliphatic carbocycles. The third-order valence-electron chi connectivity index (χ3n) is 13.4. The van der Waals surface area contributed by atoms with Gasteiger partial charge >= 0.3 is 12.1 Å². The SMILES string of the molecule is CCCC1(C)CC2(CN=C(C)C(=CN)c3ccc(-c4ccc5c(c4)N(c4nc6ccccc6s4)CCC5)nc3C(=O)O)CC(OCCN(CCS(=O)O)C(=O)OCc3ccc(NC)cc3)C=C12. The Morgan fingerprint density at radius 3 is 2.64 bits per heavy atom. The third kappa shape index (κ3) is 10.3. The number of para-hydroxylation sites is 1. The number of fused-ring (bicyclic) bond motifs is 3. The van der Waals surface area contributed by atoms with E-state index >= 15 is 0 Å². The number of ether oxygens (including phenoxy) is 2. The topological polar surface area (TPSA) is 193 Å². The molecule has 3 aliphatic rings. The number of rotatable bonds is 19. The van der Waals surface area contributed by atoms with Gasteiger partial charge in [0.15, 0.2) is 21.9 Å². The van der Waals surface area contributed by atoms with Crippen LogP contribution >= 0.6 is 11.3 Å². The smallest absolute Gasteiger partial charge is 0.410 e. The van der Waals surface area contributed by atoms with E-state index < -0.39 is 23.1 Å². The number of carbonyl (C=O) groups is 2. The maximum Gasteiger partial charge on any atom is 0.410 e. The maximum atomic E-state index is 13.2. The number of nitrogens with two attached hydrogens (primary N) is 1. The number of amides is 1. The van der Waals surface area contributed by atoms with Crippen molar-refractivity contribution >= 4 is 72.5 Å². The van der Waals surface area contributed by atoms with Crippen molar-refractivity contribution in [3.05, 3.63) is 119 Å². The summed E-state index contributed by atoms with van der Waals surface area (Å²) in [5, 5.41) is 14.5. The van der Waals surface area contributed by atoms with Gasteiger partial charge in [-0.1, -0.05) is 79.7 Å². The average molecular weight is 946 g/mol. The van der Waals surface area contributed by atoms with Crippen molar-refractivity contribution in [1.82, 2.24) is 14.9 Å². The van der Waals surface area contributed by atoms with Gasteiger partial charge in [0, 0.05) is 78.6 Å². The molecule has 4 atom stereocenters. The lowest BCUT2D eigenvalue weighted by atomic mass is 9.49. The number of hydrogen-bond acceptors (Lipinski definition) is 12. The Balaban J connectivity index is 0.959. The Morgan fingerprint density at radius 2 is 1.91 bits per heavy atom. The number of allylic oxidation sites excluding steroid dienone is 1. The van der Waals surface area contributed by atoms with Gasteiger partial charge in [-0.3, -0.25) is 4.99 Å². The second-order valence-corrected chi connectivity index (χ2v) is 20.0. The van der Waals surface area contributed by atoms with E-state index in [1.165, 1.54) is 22.2 Å². The highest BCUT2D eigenvalue weighted by Gasteiger charge is 2.59. The van der Waals surface area contributed by atoms with Crippen molar-refractivity contribution in [2.75, 3.05) is 55.8 Å². The van der Waals surface area contributed by atoms with Crippen LogP contribution in [0.2, 0.25) is 0 Å². The first-order valence-electron chi connectivity index (χ1n) is 22.9. The van der Waals surface area contributed by atoms with Crippen molar-refractivity contribution in [3.8, 4) is 11.3 Å². The molecule has 0 radical (unpaired) electrons. The second-order valence-electron chi connectivity index (χ2n) is 17.9. The van der Waals surface area contributed by atoms with Gasteiger partial charge in [-0.2, -0.15) is 0 Å². The first kappa shape index (κ1) is 47.5. The zero-order valence-corrected chi connectivity index (χ0v) is 40.1. The molecule has 3 heterocycles. The molecule has 1 fully saturated rings. The van der Waals surface area contributed by atoms with Crippen molar-refractivity contribution in [3.63, 3.8) is 0 Å². The Kier molecular flexibility index (Phi) is 14.6. The number of carboxylic acids is 1. The van der Waals surface area contributed by atoms with Gasteiger partial charge in [0.05, 0.1) is 34.4 Å². The number of aromatic carboxylic acids is 1. The number of nitrogens with zero attached hydrogens (tertiary/aromatic N) is 5. The quantitative estimate of drug-likeness (QED) is 0.0349. The van der Waals surface area contributed by atoms with E-state index in [9.17, 15) is 23.5 Å². The van der Waals surface area contributed by atoms with E-state index in [-0.39, 0.29) is 54.7 Å². The number of nitrogens with one attached hydrogen (secondary N) is 1. The molecule has 1 amide bonds. The minimum absolute atomic E-state index is 0.00637. The zero-order valence-electron chi connectivity index (χ0n) is 38.5. The fraction of sp³-hybridized carbons (Fsp3) is 0.392. The Hall–Kier alpha value is -5.94. The van der Waals surface area contributed by atoms with Crippen molar-refractivity contribution in [2.45, 2.75) is 72.0 Å². The molecule has 0 spiro atoms. The summed E-state index contributed by atoms with van der Waals surface area (Å²) in [6.45, 7) is 8.12. The van der Waals surface area contributed by atoms with Gasteiger partial charge in [-0.25, -0.2) is 23.8 Å². The summed E-state index contributed by atoms with van der Waals surface area (Å²) >= 11 is -0.421. The van der Waals surface area contributed by atoms with Crippen molar-refractivity contribution < 1.29 is 32.9 Å². The highest BCUT2D eigenvalue weighted by molar-refractivity contribution is 7.79. The van der Waals surface area contributed by atoms with Gasteiger partial charge in [0.2, 0.25) is 0 Å². The van der Waals surface area contributed by atoms with E-state index in [2.05, 4.69) is 48.3 Å². The molecule has 67 heavy (non-hydrogen) atoms. The minimum atomic E-state index is -2.08. The van der Waals surface area contributed by atoms with E-state index in [0.29, 0.717) is 35.5 Å². The zero-order chi connectivity index (χ0) is 47.3. The molecule has 1 saturated carbocycles. The number of aliphatic imine (C=N–C) groups is 1. The number of carboxylic acid groups (broad SMARTS) is 1. The lowest BCUT2D eigenvalue weighted by Crippen LogP contribution is -2.48. The summed E-state index contributed by atoms with van der Waals surface area (Å²) in [6, 6.07) is 25.5. The van der Waals surface area contributed by atoms with Gasteiger partial charge < -0.3 is 40.0 Å². The third-order valence-corrected chi connectivity index (χ3v) is 15.0. The van der Waals surface area contributed by atoms with Gasteiger partial charge in [-0.15, -0.1) is 0 Å². The number of aryl methyl sites for hydroxylation is 1. The number of hydrogen-bond donors (Lipinski definition) is 4. The van der Waals surface area contributed by atoms with Crippen LogP contribution in [-0.4, -0.2) is 98.2 Å². The maximum absolute atomic E-state index is 13.2. The first-order chi connectivity index (χ1) is 32.3. The standard InChI is InChI=1S/C51H59N7O7S2/c1-5-20-50(3)31-51(28-38(27-45(50)51)64-24-22-57(23-25-67(62)63)49(61)65-30-34-12-16-37(53-4)17-13-34)32-54-33(2)40(29-52)39-18-19-41(55-46(39)47(59)60)36-15-14-35-9-8-21-58(43(35)26-36)48-56-42-10-6-7-11-44(42)66-48/h6-7,10-19,26-27,29,38,53H,5,8-9,20-25,28,30-32,52H2,1-4H3,(H,59,60)(H,62,63). The van der Waals surface area contributed by atoms with Crippen LogP contribution in [0.15, 0.2) is 102 Å². The molecule has 16 heteroatoms. The minimum Gasteiger partial charge on any atom is -0.476 e. The number of benzene rings is 3. The van der Waals surface area contributed by atoms with Crippen LogP contribution in [0.25, 0.3) is 27.0 Å². The van der Waals surface area contributed by atoms with Crippen LogP contribution in [0.3, 0.4) is 0 Å². The lowest BCUT2D eigenvalue weighted by molar-refractivity contribution is 0.0207. The van der Waals surface area contributed by atoms with Crippen LogP contribution in [0, 0.1) is 10.8 Å². The lowest BCUT2D eigenvalue weighted by Gasteiger charge is -2.55. The van der Waals surface area contributed by atoms with Crippen LogP contribution < -0.4 is 16.0 Å². The molecule has 0 saturated heterocycles. The predicted octanol–water partition coefficient (Wildman–Crippen LogP) is 9.72. The second kappa shape index (κ2) is 20.5. The Morgan fingerprint density at radius 1 is 1.10 bits per heavy atom. The fourth-order valence-electron chi connectivity index (χ4n) is 10.2. The van der Waals surface area contributed by atoms with Gasteiger partial charge in [-0.05, 0) is 98.0 Å². The summed E-state index contributed by atoms with van der Waals surface area (Å²) in [5.41, 5.74) is 15.1. The summed E-state index contributed by atoms with van der Waals surface area (Å²) in [5.74, 6) is -1.27. The number of carbonyl (C=O) groups excluding carboxylic acids is 1. The molecule has 8 rings (SSSR count). The molecule has 0 bridgehead atoms. The molecule has 5 N–H and O–H groups in total. The summed E-state index contributed by atoms with van der Waals surface area (Å²) < 4.78 is 34.2. The number of aromatic nitrogens is 2. The van der Waals surface area contributed by atoms with E-state index in [1.807, 2.05) is 68.6 Å². The normalized spacial score (nSPS) is 20.7. The highest BCUT2D eigenvalue weighted by Crippen LogP contribution is 2.66. The largest absolute Gasteiger partial charge is 0.476 e. The number of thiazole rings is 1. The number of anilines is 3. The monoisotopic (exact) mass is 945 g/mol. The Bertz CT molecular complexity index is 2720. The average Bonchev–Trinajstić information content (AvgIpc) is 3.90. The first-order valence-corrected chi connectivity index (χ1v) is 25.0. The molecule has 5 aromatic rings. The molecule has 2 aromatic heterocycles. The predicted molar refractivity (Wildman–Crippen MR) is 268 cm³/mol. The van der Waals surface area contributed by atoms with E-state index in [0.717, 1.165) is 76.5 Å². The molecule has 4 unspecified atom stereocenters. The van der Waals surface area contributed by atoms with Crippen LogP contribution in [0.5, 0.6) is 0 Å². The highest BCUT2D eigenvalue weighted by atomic mass is 32.2. The number of pyridine rings is 1. The van der Waals surface area contributed by atoms with Crippen molar-refractivity contribution in [2.24, 2.45) is 21.6 Å². The van der Waals surface area contributed by atoms with Crippen LogP contribution in [0.1, 0.15) is 80.1 Å². The fourth-order valence-corrected chi connectivity index (χ4v) is 11.6. The summed E-state index contributed by atoms with van der Waals surface area (Å²) in [7, 11) is 1.83.